The van der Waals surface area contributed by atoms with Crippen LogP contribution in [0.1, 0.15) is 42.4 Å². The third kappa shape index (κ3) is 4.13. The Balaban J connectivity index is 2.67. The molecule has 0 saturated carbocycles. The van der Waals surface area contributed by atoms with E-state index < -0.39 is 5.97 Å². The molecule has 3 nitrogen and oxygen atoms in total. The lowest BCUT2D eigenvalue weighted by atomic mass is 10.1. The second-order valence-electron chi connectivity index (χ2n) is 4.42. The first-order valence-electron chi connectivity index (χ1n) is 6.10. The summed E-state index contributed by atoms with van der Waals surface area (Å²) < 4.78 is 0. The van der Waals surface area contributed by atoms with E-state index in [1.807, 2.05) is 11.4 Å². The molecule has 1 N–H and O–H groups in total. The minimum absolute atomic E-state index is 0.479. The van der Waals surface area contributed by atoms with Gasteiger partial charge in [-0.2, -0.15) is 0 Å². The van der Waals surface area contributed by atoms with E-state index in [4.69, 9.17) is 5.11 Å². The Morgan fingerprint density at radius 1 is 1.53 bits per heavy atom. The van der Waals surface area contributed by atoms with Crippen LogP contribution in [0, 0.1) is 5.92 Å². The highest BCUT2D eigenvalue weighted by molar-refractivity contribution is 7.12. The van der Waals surface area contributed by atoms with Crippen LogP contribution < -0.4 is 0 Å². The van der Waals surface area contributed by atoms with Crippen LogP contribution in [0.3, 0.4) is 0 Å². The van der Waals surface area contributed by atoms with Crippen LogP contribution in [0.25, 0.3) is 0 Å². The fraction of sp³-hybridized carbons (Fsp3) is 0.615. The first-order chi connectivity index (χ1) is 8.08. The van der Waals surface area contributed by atoms with Gasteiger partial charge in [-0.3, -0.25) is 4.90 Å². The maximum atomic E-state index is 11.0. The Morgan fingerprint density at radius 2 is 2.24 bits per heavy atom. The lowest BCUT2D eigenvalue weighted by Gasteiger charge is -2.23. The Hall–Kier alpha value is -0.870. The van der Waals surface area contributed by atoms with E-state index in [1.165, 1.54) is 11.3 Å². The molecule has 0 radical (unpaired) electrons. The fourth-order valence-electron chi connectivity index (χ4n) is 1.76. The fourth-order valence-corrected chi connectivity index (χ4v) is 2.52. The molecule has 0 amide bonds. The third-order valence-electron chi connectivity index (χ3n) is 3.05. The maximum absolute atomic E-state index is 11.0. The van der Waals surface area contributed by atoms with Crippen molar-refractivity contribution in [1.29, 1.82) is 0 Å². The van der Waals surface area contributed by atoms with Crippen molar-refractivity contribution in [3.05, 3.63) is 21.9 Å². The number of aromatic carboxylic acids is 1. The van der Waals surface area contributed by atoms with Gasteiger partial charge in [0.15, 0.2) is 0 Å². The normalized spacial score (nSPS) is 12.9. The summed E-state index contributed by atoms with van der Waals surface area (Å²) in [7, 11) is 0. The van der Waals surface area contributed by atoms with Crippen molar-refractivity contribution < 1.29 is 9.90 Å². The molecule has 0 aliphatic heterocycles. The summed E-state index contributed by atoms with van der Waals surface area (Å²) in [5.74, 6) is -0.156. The molecular weight excluding hydrogens is 234 g/mol. The van der Waals surface area contributed by atoms with Gasteiger partial charge < -0.3 is 5.11 Å². The molecule has 0 spiro atoms. The van der Waals surface area contributed by atoms with Crippen LogP contribution in [0.4, 0.5) is 0 Å². The van der Waals surface area contributed by atoms with E-state index in [0.717, 1.165) is 31.6 Å². The zero-order valence-electron chi connectivity index (χ0n) is 10.8. The van der Waals surface area contributed by atoms with Gasteiger partial charge in [0.2, 0.25) is 0 Å². The maximum Gasteiger partial charge on any atom is 0.346 e. The van der Waals surface area contributed by atoms with Crippen molar-refractivity contribution in [3.63, 3.8) is 0 Å². The van der Waals surface area contributed by atoms with E-state index in [0.29, 0.717) is 10.8 Å². The van der Waals surface area contributed by atoms with Gasteiger partial charge >= 0.3 is 5.97 Å². The van der Waals surface area contributed by atoms with Crippen molar-refractivity contribution in [3.8, 4) is 0 Å². The molecule has 1 aromatic heterocycles. The molecule has 1 heterocycles. The van der Waals surface area contributed by atoms with Gasteiger partial charge in [-0.1, -0.05) is 27.2 Å². The van der Waals surface area contributed by atoms with Gasteiger partial charge in [0.05, 0.1) is 0 Å². The van der Waals surface area contributed by atoms with Gasteiger partial charge in [-0.25, -0.2) is 4.79 Å². The highest BCUT2D eigenvalue weighted by Gasteiger charge is 2.15. The number of nitrogens with zero attached hydrogens (tertiary/aromatic N) is 1. The number of carbonyl (C=O) groups is 1. The van der Waals surface area contributed by atoms with Crippen LogP contribution in [0.15, 0.2) is 11.4 Å². The minimum Gasteiger partial charge on any atom is -0.477 e. The number of hydrogen-bond donors (Lipinski definition) is 1. The third-order valence-corrected chi connectivity index (χ3v) is 3.99. The van der Waals surface area contributed by atoms with E-state index in [-0.39, 0.29) is 0 Å². The van der Waals surface area contributed by atoms with Crippen LogP contribution in [0.2, 0.25) is 0 Å². The second-order valence-corrected chi connectivity index (χ2v) is 5.34. The Labute approximate surface area is 107 Å². The quantitative estimate of drug-likeness (QED) is 0.812. The molecule has 1 unspecified atom stereocenters. The molecule has 0 aliphatic carbocycles. The summed E-state index contributed by atoms with van der Waals surface area (Å²) >= 11 is 1.31. The number of thiophene rings is 1. The zero-order valence-corrected chi connectivity index (χ0v) is 11.6. The summed E-state index contributed by atoms with van der Waals surface area (Å²) in [6.07, 6.45) is 1.16. The van der Waals surface area contributed by atoms with E-state index in [9.17, 15) is 4.79 Å². The molecule has 0 fully saturated rings. The summed E-state index contributed by atoms with van der Waals surface area (Å²) in [6.45, 7) is 9.27. The molecule has 1 aromatic rings. The summed E-state index contributed by atoms with van der Waals surface area (Å²) in [5.41, 5.74) is 0.938. The lowest BCUT2D eigenvalue weighted by molar-refractivity contribution is 0.0700. The topological polar surface area (TPSA) is 40.5 Å². The average Bonchev–Trinajstić information content (AvgIpc) is 2.76. The molecule has 0 aromatic carbocycles. The van der Waals surface area contributed by atoms with Crippen LogP contribution in [-0.4, -0.2) is 29.1 Å². The standard InChI is InChI=1S/C13H21NO2S/c1-4-10(3)8-14(5-2)9-11-6-7-17-12(11)13(15)16/h6-7,10H,4-5,8-9H2,1-3H3,(H,15,16). The van der Waals surface area contributed by atoms with Crippen molar-refractivity contribution in [2.75, 3.05) is 13.1 Å². The van der Waals surface area contributed by atoms with Crippen molar-refractivity contribution >= 4 is 17.3 Å². The number of rotatable bonds is 7. The van der Waals surface area contributed by atoms with Crippen LogP contribution in [0.5, 0.6) is 0 Å². The van der Waals surface area contributed by atoms with E-state index in [2.05, 4.69) is 25.7 Å². The molecule has 0 bridgehead atoms. The first kappa shape index (κ1) is 14.2. The number of hydrogen-bond acceptors (Lipinski definition) is 3. The average molecular weight is 255 g/mol. The SMILES string of the molecule is CCC(C)CN(CC)Cc1ccsc1C(=O)O. The van der Waals surface area contributed by atoms with Crippen LogP contribution >= 0.6 is 11.3 Å². The Kier molecular flexibility index (Phi) is 5.65. The van der Waals surface area contributed by atoms with Gasteiger partial charge in [0, 0.05) is 13.1 Å². The molecule has 0 saturated heterocycles. The number of carboxylic acid groups (broad SMARTS) is 1. The van der Waals surface area contributed by atoms with Crippen molar-refractivity contribution in [2.24, 2.45) is 5.92 Å². The minimum atomic E-state index is -0.811. The Morgan fingerprint density at radius 3 is 2.76 bits per heavy atom. The molecule has 17 heavy (non-hydrogen) atoms. The predicted molar refractivity (Wildman–Crippen MR) is 71.7 cm³/mol. The van der Waals surface area contributed by atoms with Crippen molar-refractivity contribution in [1.82, 2.24) is 4.90 Å². The number of carboxylic acids is 1. The molecule has 4 heteroatoms. The second kappa shape index (κ2) is 6.77. The summed E-state index contributed by atoms with van der Waals surface area (Å²) in [6, 6.07) is 1.92. The zero-order chi connectivity index (χ0) is 12.8. The molecule has 1 rings (SSSR count). The lowest BCUT2D eigenvalue weighted by Crippen LogP contribution is -2.28. The smallest absolute Gasteiger partial charge is 0.346 e. The predicted octanol–water partition coefficient (Wildman–Crippen LogP) is 3.31. The van der Waals surface area contributed by atoms with Gasteiger partial charge in [0.1, 0.15) is 4.88 Å². The molecular formula is C13H21NO2S. The van der Waals surface area contributed by atoms with Gasteiger partial charge in [-0.05, 0) is 29.5 Å². The Bertz CT molecular complexity index is 362. The summed E-state index contributed by atoms with van der Waals surface area (Å²) in [5, 5.41) is 10.9. The van der Waals surface area contributed by atoms with Gasteiger partial charge in [0.25, 0.3) is 0 Å². The molecule has 0 aliphatic rings. The molecule has 1 atom stereocenters. The van der Waals surface area contributed by atoms with E-state index in [1.54, 1.807) is 0 Å². The van der Waals surface area contributed by atoms with Crippen molar-refractivity contribution in [2.45, 2.75) is 33.7 Å². The van der Waals surface area contributed by atoms with E-state index >= 15 is 0 Å². The highest BCUT2D eigenvalue weighted by Crippen LogP contribution is 2.19. The monoisotopic (exact) mass is 255 g/mol. The highest BCUT2D eigenvalue weighted by atomic mass is 32.1. The largest absolute Gasteiger partial charge is 0.477 e. The summed E-state index contributed by atoms with van der Waals surface area (Å²) in [4.78, 5) is 13.8. The molecule has 96 valence electrons. The van der Waals surface area contributed by atoms with Gasteiger partial charge in [-0.15, -0.1) is 11.3 Å². The van der Waals surface area contributed by atoms with Crippen LogP contribution in [-0.2, 0) is 6.54 Å². The first-order valence-corrected chi connectivity index (χ1v) is 6.98.